The van der Waals surface area contributed by atoms with Crippen molar-refractivity contribution >= 4 is 6.09 Å². The molecule has 0 spiro atoms. The van der Waals surface area contributed by atoms with Crippen molar-refractivity contribution in [2.24, 2.45) is 5.92 Å². The molecule has 2 aliphatic heterocycles. The summed E-state index contributed by atoms with van der Waals surface area (Å²) in [4.78, 5) is 12.5. The Bertz CT molecular complexity index is 205. The fourth-order valence-electron chi connectivity index (χ4n) is 2.75. The van der Waals surface area contributed by atoms with Crippen LogP contribution in [0, 0.1) is 5.92 Å². The molecule has 4 heteroatoms. The van der Waals surface area contributed by atoms with Crippen molar-refractivity contribution in [1.82, 2.24) is 4.90 Å². The molecule has 2 bridgehead atoms. The molecule has 0 saturated carbocycles. The molecule has 2 fully saturated rings. The highest BCUT2D eigenvalue weighted by atomic mass is 16.4. The summed E-state index contributed by atoms with van der Waals surface area (Å²) in [7, 11) is 0. The molecule has 0 unspecified atom stereocenters. The zero-order chi connectivity index (χ0) is 9.42. The lowest BCUT2D eigenvalue weighted by Crippen LogP contribution is -2.46. The first-order valence-electron chi connectivity index (χ1n) is 4.84. The van der Waals surface area contributed by atoms with Crippen molar-refractivity contribution in [1.29, 1.82) is 0 Å². The minimum atomic E-state index is -0.788. The first-order chi connectivity index (χ1) is 6.22. The number of fused-ring (bicyclic) bond motifs is 2. The molecule has 0 aromatic carbocycles. The largest absolute Gasteiger partial charge is 0.465 e. The van der Waals surface area contributed by atoms with E-state index in [0.29, 0.717) is 5.92 Å². The molecular formula is C9H15NO3. The van der Waals surface area contributed by atoms with E-state index in [1.54, 1.807) is 4.90 Å². The third kappa shape index (κ3) is 1.39. The number of carboxylic acid groups (broad SMARTS) is 1. The second kappa shape index (κ2) is 3.18. The van der Waals surface area contributed by atoms with E-state index in [4.69, 9.17) is 10.2 Å². The van der Waals surface area contributed by atoms with Gasteiger partial charge in [-0.3, -0.25) is 0 Å². The van der Waals surface area contributed by atoms with E-state index in [0.717, 1.165) is 25.7 Å². The maximum Gasteiger partial charge on any atom is 0.407 e. The van der Waals surface area contributed by atoms with E-state index < -0.39 is 6.09 Å². The molecular weight excluding hydrogens is 170 g/mol. The Balaban J connectivity index is 2.08. The van der Waals surface area contributed by atoms with Crippen LogP contribution in [0.2, 0.25) is 0 Å². The number of hydrogen-bond donors (Lipinski definition) is 2. The Kier molecular flexibility index (Phi) is 2.15. The zero-order valence-electron chi connectivity index (χ0n) is 7.52. The highest BCUT2D eigenvalue weighted by Crippen LogP contribution is 2.38. The van der Waals surface area contributed by atoms with Crippen LogP contribution >= 0.6 is 0 Å². The van der Waals surface area contributed by atoms with Gasteiger partial charge in [0.1, 0.15) is 0 Å². The molecule has 0 aliphatic carbocycles. The Hall–Kier alpha value is -0.770. The van der Waals surface area contributed by atoms with Gasteiger partial charge in [0.2, 0.25) is 0 Å². The van der Waals surface area contributed by atoms with Gasteiger partial charge < -0.3 is 15.1 Å². The Labute approximate surface area is 77.2 Å². The summed E-state index contributed by atoms with van der Waals surface area (Å²) in [5.41, 5.74) is 0. The summed E-state index contributed by atoms with van der Waals surface area (Å²) >= 11 is 0. The maximum absolute atomic E-state index is 10.9. The SMILES string of the molecule is O=C(O)N1[C@@H]2CC[C@H]1C[C@@H](CO)C2. The van der Waals surface area contributed by atoms with Gasteiger partial charge in [-0.2, -0.15) is 0 Å². The smallest absolute Gasteiger partial charge is 0.407 e. The molecule has 2 N–H and O–H groups in total. The molecule has 2 rings (SSSR count). The van der Waals surface area contributed by atoms with Crippen molar-refractivity contribution in [2.45, 2.75) is 37.8 Å². The number of aliphatic hydroxyl groups is 1. The van der Waals surface area contributed by atoms with Gasteiger partial charge in [-0.1, -0.05) is 0 Å². The molecule has 0 radical (unpaired) electrons. The van der Waals surface area contributed by atoms with Gasteiger partial charge in [-0.25, -0.2) is 4.79 Å². The molecule has 0 aromatic rings. The molecule has 2 saturated heterocycles. The number of hydrogen-bond acceptors (Lipinski definition) is 2. The number of piperidine rings is 1. The maximum atomic E-state index is 10.9. The van der Waals surface area contributed by atoms with Gasteiger partial charge in [-0.05, 0) is 31.6 Å². The summed E-state index contributed by atoms with van der Waals surface area (Å²) in [6.07, 6.45) is 2.86. The van der Waals surface area contributed by atoms with E-state index in [9.17, 15) is 4.79 Å². The molecule has 13 heavy (non-hydrogen) atoms. The topological polar surface area (TPSA) is 60.8 Å². The van der Waals surface area contributed by atoms with Crippen LogP contribution in [-0.4, -0.2) is 39.9 Å². The van der Waals surface area contributed by atoms with E-state index in [2.05, 4.69) is 0 Å². The van der Waals surface area contributed by atoms with E-state index in [-0.39, 0.29) is 18.7 Å². The summed E-state index contributed by atoms with van der Waals surface area (Å²) in [6.45, 7) is 0.209. The number of nitrogens with zero attached hydrogens (tertiary/aromatic N) is 1. The average Bonchev–Trinajstić information content (AvgIpc) is 2.37. The zero-order valence-corrected chi connectivity index (χ0v) is 7.52. The first kappa shape index (κ1) is 8.81. The van der Waals surface area contributed by atoms with Crippen molar-refractivity contribution in [3.8, 4) is 0 Å². The molecule has 4 nitrogen and oxygen atoms in total. The van der Waals surface area contributed by atoms with Crippen molar-refractivity contribution in [2.75, 3.05) is 6.61 Å². The van der Waals surface area contributed by atoms with Gasteiger partial charge in [-0.15, -0.1) is 0 Å². The molecule has 2 aliphatic rings. The van der Waals surface area contributed by atoms with Crippen LogP contribution in [0.3, 0.4) is 0 Å². The standard InChI is InChI=1S/C9H15NO3/c11-5-6-3-7-1-2-8(4-6)10(7)9(12)13/h6-8,11H,1-5H2,(H,12,13)/t6-,7+,8-. The molecule has 2 heterocycles. The average molecular weight is 185 g/mol. The van der Waals surface area contributed by atoms with Crippen LogP contribution in [-0.2, 0) is 0 Å². The van der Waals surface area contributed by atoms with Crippen molar-refractivity contribution in [3.63, 3.8) is 0 Å². The van der Waals surface area contributed by atoms with E-state index >= 15 is 0 Å². The van der Waals surface area contributed by atoms with Gasteiger partial charge >= 0.3 is 6.09 Å². The van der Waals surface area contributed by atoms with Crippen LogP contribution in [0.5, 0.6) is 0 Å². The van der Waals surface area contributed by atoms with E-state index in [1.165, 1.54) is 0 Å². The quantitative estimate of drug-likeness (QED) is 0.638. The van der Waals surface area contributed by atoms with E-state index in [1.807, 2.05) is 0 Å². The summed E-state index contributed by atoms with van der Waals surface area (Å²) in [6, 6.07) is 0.349. The lowest BCUT2D eigenvalue weighted by molar-refractivity contribution is 0.0674. The molecule has 74 valence electrons. The predicted octanol–water partition coefficient (Wildman–Crippen LogP) is 0.900. The number of rotatable bonds is 1. The van der Waals surface area contributed by atoms with Crippen LogP contribution in [0.1, 0.15) is 25.7 Å². The molecule has 3 atom stereocenters. The Morgan fingerprint density at radius 3 is 2.23 bits per heavy atom. The monoisotopic (exact) mass is 185 g/mol. The summed E-state index contributed by atoms with van der Waals surface area (Å²) in [5, 5.41) is 18.0. The predicted molar refractivity (Wildman–Crippen MR) is 46.5 cm³/mol. The molecule has 1 amide bonds. The lowest BCUT2D eigenvalue weighted by Gasteiger charge is -2.36. The second-order valence-corrected chi connectivity index (χ2v) is 4.09. The Morgan fingerprint density at radius 2 is 1.85 bits per heavy atom. The van der Waals surface area contributed by atoms with Gasteiger partial charge in [0, 0.05) is 18.7 Å². The van der Waals surface area contributed by atoms with Crippen molar-refractivity contribution in [3.05, 3.63) is 0 Å². The van der Waals surface area contributed by atoms with Crippen LogP contribution in [0.15, 0.2) is 0 Å². The van der Waals surface area contributed by atoms with Gasteiger partial charge in [0.25, 0.3) is 0 Å². The number of amides is 1. The van der Waals surface area contributed by atoms with Crippen LogP contribution in [0.4, 0.5) is 4.79 Å². The molecule has 0 aromatic heterocycles. The van der Waals surface area contributed by atoms with Crippen LogP contribution < -0.4 is 0 Å². The third-order valence-electron chi connectivity index (χ3n) is 3.31. The first-order valence-corrected chi connectivity index (χ1v) is 4.84. The fraction of sp³-hybridized carbons (Fsp3) is 0.889. The summed E-state index contributed by atoms with van der Waals surface area (Å²) in [5.74, 6) is 0.327. The highest BCUT2D eigenvalue weighted by Gasteiger charge is 2.42. The fourth-order valence-corrected chi connectivity index (χ4v) is 2.75. The van der Waals surface area contributed by atoms with Crippen molar-refractivity contribution < 1.29 is 15.0 Å². The Morgan fingerprint density at radius 1 is 1.31 bits per heavy atom. The minimum absolute atomic E-state index is 0.174. The number of carbonyl (C=O) groups is 1. The number of aliphatic hydroxyl groups excluding tert-OH is 1. The third-order valence-corrected chi connectivity index (χ3v) is 3.31. The van der Waals surface area contributed by atoms with Crippen LogP contribution in [0.25, 0.3) is 0 Å². The minimum Gasteiger partial charge on any atom is -0.465 e. The lowest BCUT2D eigenvalue weighted by atomic mass is 9.92. The normalized spacial score (nSPS) is 37.9. The summed E-state index contributed by atoms with van der Waals surface area (Å²) < 4.78 is 0. The second-order valence-electron chi connectivity index (χ2n) is 4.09. The highest BCUT2D eigenvalue weighted by molar-refractivity contribution is 5.66. The van der Waals surface area contributed by atoms with Gasteiger partial charge in [0.15, 0.2) is 0 Å². The van der Waals surface area contributed by atoms with Gasteiger partial charge in [0.05, 0.1) is 0 Å².